The van der Waals surface area contributed by atoms with Crippen molar-refractivity contribution in [1.29, 1.82) is 0 Å². The van der Waals surface area contributed by atoms with Crippen molar-refractivity contribution in [3.8, 4) is 17.2 Å². The highest BCUT2D eigenvalue weighted by Crippen LogP contribution is 2.29. The number of rotatable bonds is 6. The second-order valence-electron chi connectivity index (χ2n) is 4.36. The van der Waals surface area contributed by atoms with E-state index in [1.807, 2.05) is 0 Å². The Morgan fingerprint density at radius 2 is 1.95 bits per heavy atom. The summed E-state index contributed by atoms with van der Waals surface area (Å²) in [6, 6.07) is 5.88. The third-order valence-electron chi connectivity index (χ3n) is 2.62. The van der Waals surface area contributed by atoms with Crippen LogP contribution < -0.4 is 9.47 Å². The number of hydrogen-bond donors (Lipinski definition) is 1. The number of aryl methyl sites for hydroxylation is 1. The topological polar surface area (TPSA) is 38.7 Å². The Hall–Kier alpha value is -1.60. The quantitative estimate of drug-likeness (QED) is 0.742. The number of hydrogen-bond acceptors (Lipinski definition) is 4. The number of ether oxygens (including phenoxy) is 2. The summed E-state index contributed by atoms with van der Waals surface area (Å²) < 4.78 is 45.4. The van der Waals surface area contributed by atoms with Crippen molar-refractivity contribution in [3.63, 3.8) is 0 Å². The molecule has 0 aliphatic rings. The lowest BCUT2D eigenvalue weighted by Gasteiger charge is -2.07. The summed E-state index contributed by atoms with van der Waals surface area (Å²) in [7, 11) is 0. The minimum atomic E-state index is -4.67. The molecule has 0 saturated heterocycles. The predicted molar refractivity (Wildman–Crippen MR) is 77.9 cm³/mol. The van der Waals surface area contributed by atoms with Gasteiger partial charge < -0.3 is 14.6 Å². The van der Waals surface area contributed by atoms with Gasteiger partial charge >= 0.3 is 6.36 Å². The first-order valence-electron chi connectivity index (χ1n) is 6.28. The van der Waals surface area contributed by atoms with E-state index < -0.39 is 6.36 Å². The molecule has 1 heterocycles. The van der Waals surface area contributed by atoms with Crippen LogP contribution in [-0.2, 0) is 6.42 Å². The van der Waals surface area contributed by atoms with Crippen molar-refractivity contribution in [2.75, 3.05) is 6.61 Å². The van der Waals surface area contributed by atoms with E-state index in [2.05, 4.69) is 4.74 Å². The average molecular weight is 353 g/mol. The van der Waals surface area contributed by atoms with Crippen LogP contribution in [0.4, 0.5) is 13.2 Å². The molecule has 0 atom stereocenters. The lowest BCUT2D eigenvalue weighted by atomic mass is 10.2. The molecule has 0 bridgehead atoms. The van der Waals surface area contributed by atoms with Gasteiger partial charge in [-0.2, -0.15) is 0 Å². The molecule has 1 N–H and O–H groups in total. The lowest BCUT2D eigenvalue weighted by Crippen LogP contribution is -2.16. The van der Waals surface area contributed by atoms with Crippen molar-refractivity contribution in [2.45, 2.75) is 19.2 Å². The lowest BCUT2D eigenvalue weighted by molar-refractivity contribution is -0.274. The highest BCUT2D eigenvalue weighted by atomic mass is 35.5. The first-order valence-corrected chi connectivity index (χ1v) is 7.54. The fourth-order valence-corrected chi connectivity index (χ4v) is 2.69. The van der Waals surface area contributed by atoms with Crippen molar-refractivity contribution < 1.29 is 27.8 Å². The van der Waals surface area contributed by atoms with Gasteiger partial charge in [-0.1, -0.05) is 11.6 Å². The van der Waals surface area contributed by atoms with Crippen LogP contribution in [0.2, 0.25) is 5.02 Å². The largest absolute Gasteiger partial charge is 0.573 e. The van der Waals surface area contributed by atoms with E-state index in [1.54, 1.807) is 6.07 Å². The standard InChI is InChI=1S/C14H12ClF3O3S/c15-12-7-9(3-4-13(12)19)20-5-1-2-11-6-10(8-22-11)21-14(16,17)18/h3-4,6-8,19H,1-2,5H2. The van der Waals surface area contributed by atoms with Crippen LogP contribution in [0.15, 0.2) is 29.6 Å². The molecule has 1 aromatic heterocycles. The maximum atomic E-state index is 12.0. The average Bonchev–Trinajstić information content (AvgIpc) is 2.84. The molecule has 2 aromatic rings. The Labute approximate surface area is 133 Å². The molecule has 0 spiro atoms. The molecule has 0 amide bonds. The molecular formula is C14H12ClF3O3S. The molecule has 3 nitrogen and oxygen atoms in total. The zero-order chi connectivity index (χ0) is 16.2. The molecule has 8 heteroatoms. The van der Waals surface area contributed by atoms with Crippen molar-refractivity contribution in [1.82, 2.24) is 0 Å². The monoisotopic (exact) mass is 352 g/mol. The van der Waals surface area contributed by atoms with Gasteiger partial charge in [0.25, 0.3) is 0 Å². The Bertz CT molecular complexity index is 628. The molecule has 0 unspecified atom stereocenters. The second kappa shape index (κ2) is 7.11. The molecular weight excluding hydrogens is 341 g/mol. The maximum Gasteiger partial charge on any atom is 0.573 e. The molecule has 1 aromatic carbocycles. The summed E-state index contributed by atoms with van der Waals surface area (Å²) >= 11 is 6.95. The SMILES string of the molecule is Oc1ccc(OCCCc2cc(OC(F)(F)F)cs2)cc1Cl. The number of phenolic OH excluding ortho intramolecular Hbond substituents is 1. The van der Waals surface area contributed by atoms with Crippen LogP contribution in [0.3, 0.4) is 0 Å². The Kier molecular flexibility index (Phi) is 5.42. The fraction of sp³-hybridized carbons (Fsp3) is 0.286. The number of phenols is 1. The van der Waals surface area contributed by atoms with Gasteiger partial charge in [0.15, 0.2) is 0 Å². The minimum Gasteiger partial charge on any atom is -0.506 e. The molecule has 0 radical (unpaired) electrons. The second-order valence-corrected chi connectivity index (χ2v) is 5.76. The number of alkyl halides is 3. The number of halogens is 4. The van der Waals surface area contributed by atoms with Gasteiger partial charge in [0.05, 0.1) is 11.6 Å². The van der Waals surface area contributed by atoms with Gasteiger partial charge in [-0.05, 0) is 31.0 Å². The minimum absolute atomic E-state index is 0.0233. The van der Waals surface area contributed by atoms with Gasteiger partial charge in [0, 0.05) is 16.3 Å². The van der Waals surface area contributed by atoms with Gasteiger partial charge in [-0.15, -0.1) is 24.5 Å². The normalized spacial score (nSPS) is 11.5. The maximum absolute atomic E-state index is 12.0. The van der Waals surface area contributed by atoms with Gasteiger partial charge in [0.1, 0.15) is 17.2 Å². The van der Waals surface area contributed by atoms with Crippen LogP contribution in [0.5, 0.6) is 17.2 Å². The van der Waals surface area contributed by atoms with Crippen LogP contribution in [0.25, 0.3) is 0 Å². The van der Waals surface area contributed by atoms with Crippen LogP contribution in [0.1, 0.15) is 11.3 Å². The van der Waals surface area contributed by atoms with E-state index in [-0.39, 0.29) is 16.5 Å². The summed E-state index contributed by atoms with van der Waals surface area (Å²) in [5.74, 6) is 0.304. The van der Waals surface area contributed by atoms with E-state index in [0.717, 1.165) is 4.88 Å². The number of aromatic hydroxyl groups is 1. The van der Waals surface area contributed by atoms with Crippen molar-refractivity contribution >= 4 is 22.9 Å². The van der Waals surface area contributed by atoms with E-state index in [4.69, 9.17) is 16.3 Å². The third-order valence-corrected chi connectivity index (χ3v) is 3.90. The number of thiophene rings is 1. The molecule has 0 aliphatic heterocycles. The van der Waals surface area contributed by atoms with Crippen LogP contribution in [0, 0.1) is 0 Å². The van der Waals surface area contributed by atoms with E-state index in [1.165, 1.54) is 34.9 Å². The molecule has 120 valence electrons. The van der Waals surface area contributed by atoms with Crippen molar-refractivity contribution in [2.24, 2.45) is 0 Å². The first kappa shape index (κ1) is 16.8. The van der Waals surface area contributed by atoms with Crippen molar-refractivity contribution in [3.05, 3.63) is 39.5 Å². The summed E-state index contributed by atoms with van der Waals surface area (Å²) in [5.41, 5.74) is 0. The van der Waals surface area contributed by atoms with E-state index in [9.17, 15) is 18.3 Å². The fourth-order valence-electron chi connectivity index (χ4n) is 1.69. The molecule has 2 rings (SSSR count). The highest BCUT2D eigenvalue weighted by Gasteiger charge is 2.31. The summed E-state index contributed by atoms with van der Waals surface area (Å²) in [5, 5.41) is 10.8. The Morgan fingerprint density at radius 3 is 2.64 bits per heavy atom. The predicted octanol–water partition coefficient (Wildman–Crippen LogP) is 5.02. The summed E-state index contributed by atoms with van der Waals surface area (Å²) in [4.78, 5) is 0.784. The Morgan fingerprint density at radius 1 is 1.18 bits per heavy atom. The van der Waals surface area contributed by atoms with Gasteiger partial charge in [0.2, 0.25) is 0 Å². The highest BCUT2D eigenvalue weighted by molar-refractivity contribution is 7.10. The summed E-state index contributed by atoms with van der Waals surface area (Å²) in [6.45, 7) is 0.383. The number of benzene rings is 1. The van der Waals surface area contributed by atoms with Gasteiger partial charge in [-0.3, -0.25) is 0 Å². The first-order chi connectivity index (χ1) is 10.3. The molecule has 22 heavy (non-hydrogen) atoms. The summed E-state index contributed by atoms with van der Waals surface area (Å²) in [6.07, 6.45) is -3.46. The molecule has 0 fully saturated rings. The molecule has 0 saturated carbocycles. The Balaban J connectivity index is 1.76. The molecule has 0 aliphatic carbocycles. The van der Waals surface area contributed by atoms with Gasteiger partial charge in [-0.25, -0.2) is 0 Å². The van der Waals surface area contributed by atoms with E-state index in [0.29, 0.717) is 25.2 Å². The van der Waals surface area contributed by atoms with Crippen LogP contribution >= 0.6 is 22.9 Å². The van der Waals surface area contributed by atoms with Crippen LogP contribution in [-0.4, -0.2) is 18.1 Å². The smallest absolute Gasteiger partial charge is 0.506 e. The van der Waals surface area contributed by atoms with E-state index >= 15 is 0 Å². The zero-order valence-corrected chi connectivity index (χ0v) is 12.8. The zero-order valence-electron chi connectivity index (χ0n) is 11.2. The third kappa shape index (κ3) is 5.31.